The predicted octanol–water partition coefficient (Wildman–Crippen LogP) is 3.08. The summed E-state index contributed by atoms with van der Waals surface area (Å²) < 4.78 is 5.20. The number of carbonyl (C=O) groups excluding carboxylic acids is 2. The number of amides is 1. The molecule has 2 rings (SSSR count). The first-order chi connectivity index (χ1) is 11.5. The number of hydrogen-bond acceptors (Lipinski definition) is 4. The van der Waals surface area contributed by atoms with E-state index in [1.54, 1.807) is 38.1 Å². The molecule has 0 saturated carbocycles. The molecular formula is C19H22N2O3. The summed E-state index contributed by atoms with van der Waals surface area (Å²) >= 11 is 0. The van der Waals surface area contributed by atoms with Crippen molar-refractivity contribution >= 4 is 17.6 Å². The first kappa shape index (κ1) is 17.5. The van der Waals surface area contributed by atoms with E-state index in [2.05, 4.69) is 5.32 Å². The lowest BCUT2D eigenvalue weighted by molar-refractivity contribution is -0.147. The van der Waals surface area contributed by atoms with Crippen LogP contribution in [-0.2, 0) is 9.53 Å². The third kappa shape index (κ3) is 5.12. The normalized spacial score (nSPS) is 11.8. The van der Waals surface area contributed by atoms with Gasteiger partial charge < -0.3 is 15.8 Å². The van der Waals surface area contributed by atoms with E-state index in [1.807, 2.05) is 30.3 Å². The van der Waals surface area contributed by atoms with Gasteiger partial charge in [-0.1, -0.05) is 30.3 Å². The molecule has 0 aromatic heterocycles. The Hall–Kier alpha value is -2.82. The Balaban J connectivity index is 2.15. The SMILES string of the molecule is CC(C)OC(=O)CC(NC(=O)c1ccc(N)cc1)c1ccccc1. The molecule has 0 aliphatic carbocycles. The second-order valence-electron chi connectivity index (χ2n) is 5.80. The molecule has 5 nitrogen and oxygen atoms in total. The number of hydrogen-bond donors (Lipinski definition) is 2. The van der Waals surface area contributed by atoms with Crippen LogP contribution < -0.4 is 11.1 Å². The average Bonchev–Trinajstić information content (AvgIpc) is 2.55. The van der Waals surface area contributed by atoms with Crippen molar-refractivity contribution in [2.45, 2.75) is 32.4 Å². The summed E-state index contributed by atoms with van der Waals surface area (Å²) in [6.07, 6.45) is -0.121. The topological polar surface area (TPSA) is 81.4 Å². The highest BCUT2D eigenvalue weighted by molar-refractivity contribution is 5.95. The summed E-state index contributed by atoms with van der Waals surface area (Å²) in [7, 11) is 0. The summed E-state index contributed by atoms with van der Waals surface area (Å²) in [5.74, 6) is -0.613. The van der Waals surface area contributed by atoms with Gasteiger partial charge in [-0.05, 0) is 43.7 Å². The van der Waals surface area contributed by atoms with Gasteiger partial charge in [-0.25, -0.2) is 0 Å². The molecule has 0 spiro atoms. The first-order valence-electron chi connectivity index (χ1n) is 7.86. The highest BCUT2D eigenvalue weighted by Gasteiger charge is 2.20. The maximum Gasteiger partial charge on any atom is 0.308 e. The van der Waals surface area contributed by atoms with Gasteiger partial charge >= 0.3 is 5.97 Å². The molecule has 0 aliphatic heterocycles. The largest absolute Gasteiger partial charge is 0.463 e. The monoisotopic (exact) mass is 326 g/mol. The molecule has 0 saturated heterocycles. The van der Waals surface area contributed by atoms with Gasteiger partial charge in [-0.15, -0.1) is 0 Å². The van der Waals surface area contributed by atoms with Crippen molar-refractivity contribution in [3.05, 3.63) is 65.7 Å². The fourth-order valence-electron chi connectivity index (χ4n) is 2.29. The average molecular weight is 326 g/mol. The van der Waals surface area contributed by atoms with Gasteiger partial charge in [0.15, 0.2) is 0 Å². The Morgan fingerprint density at radius 2 is 1.67 bits per heavy atom. The summed E-state index contributed by atoms with van der Waals surface area (Å²) in [6.45, 7) is 3.59. The van der Waals surface area contributed by atoms with Crippen LogP contribution in [0.25, 0.3) is 0 Å². The van der Waals surface area contributed by atoms with Crippen molar-refractivity contribution in [1.29, 1.82) is 0 Å². The van der Waals surface area contributed by atoms with Gasteiger partial charge in [0.2, 0.25) is 0 Å². The van der Waals surface area contributed by atoms with Crippen LogP contribution >= 0.6 is 0 Å². The Kier molecular flexibility index (Phi) is 5.95. The molecule has 0 bridgehead atoms. The maximum absolute atomic E-state index is 12.4. The molecule has 0 fully saturated rings. The Bertz CT molecular complexity index is 682. The van der Waals surface area contributed by atoms with Crippen molar-refractivity contribution in [3.63, 3.8) is 0 Å². The summed E-state index contributed by atoms with van der Waals surface area (Å²) in [5.41, 5.74) is 7.57. The van der Waals surface area contributed by atoms with Crippen molar-refractivity contribution in [2.75, 3.05) is 5.73 Å². The Morgan fingerprint density at radius 1 is 1.04 bits per heavy atom. The quantitative estimate of drug-likeness (QED) is 0.631. The van der Waals surface area contributed by atoms with E-state index < -0.39 is 6.04 Å². The lowest BCUT2D eigenvalue weighted by atomic mass is 10.0. The van der Waals surface area contributed by atoms with Gasteiger partial charge in [0, 0.05) is 11.3 Å². The number of anilines is 1. The zero-order chi connectivity index (χ0) is 17.5. The third-order valence-electron chi connectivity index (χ3n) is 3.42. The Labute approximate surface area is 141 Å². The number of ether oxygens (including phenoxy) is 1. The number of nitrogen functional groups attached to an aromatic ring is 1. The van der Waals surface area contributed by atoms with E-state index >= 15 is 0 Å². The van der Waals surface area contributed by atoms with E-state index in [0.29, 0.717) is 11.3 Å². The van der Waals surface area contributed by atoms with Gasteiger partial charge in [0.25, 0.3) is 5.91 Å². The van der Waals surface area contributed by atoms with Gasteiger partial charge in [0.05, 0.1) is 18.6 Å². The van der Waals surface area contributed by atoms with E-state index in [1.165, 1.54) is 0 Å². The van der Waals surface area contributed by atoms with E-state index in [-0.39, 0.29) is 24.4 Å². The van der Waals surface area contributed by atoms with Crippen LogP contribution in [0.4, 0.5) is 5.69 Å². The van der Waals surface area contributed by atoms with Crippen LogP contribution in [0.2, 0.25) is 0 Å². The molecule has 126 valence electrons. The molecular weight excluding hydrogens is 304 g/mol. The number of carbonyl (C=O) groups is 2. The minimum atomic E-state index is -0.456. The van der Waals surface area contributed by atoms with Crippen LogP contribution in [-0.4, -0.2) is 18.0 Å². The minimum Gasteiger partial charge on any atom is -0.463 e. The van der Waals surface area contributed by atoms with Crippen LogP contribution in [0.3, 0.4) is 0 Å². The van der Waals surface area contributed by atoms with Gasteiger partial charge in [-0.2, -0.15) is 0 Å². The molecule has 2 aromatic carbocycles. The lowest BCUT2D eigenvalue weighted by Crippen LogP contribution is -2.31. The zero-order valence-corrected chi connectivity index (χ0v) is 13.9. The number of esters is 1. The fourth-order valence-corrected chi connectivity index (χ4v) is 2.29. The summed E-state index contributed by atoms with van der Waals surface area (Å²) in [5, 5.41) is 2.89. The molecule has 0 radical (unpaired) electrons. The van der Waals surface area contributed by atoms with Crippen molar-refractivity contribution < 1.29 is 14.3 Å². The summed E-state index contributed by atoms with van der Waals surface area (Å²) in [4.78, 5) is 24.4. The second-order valence-corrected chi connectivity index (χ2v) is 5.80. The maximum atomic E-state index is 12.4. The van der Waals surface area contributed by atoms with Crippen molar-refractivity contribution in [2.24, 2.45) is 0 Å². The van der Waals surface area contributed by atoms with Crippen molar-refractivity contribution in [3.8, 4) is 0 Å². The summed E-state index contributed by atoms with van der Waals surface area (Å²) in [6, 6.07) is 15.5. The number of nitrogens with two attached hydrogens (primary N) is 1. The molecule has 24 heavy (non-hydrogen) atoms. The molecule has 2 aromatic rings. The first-order valence-corrected chi connectivity index (χ1v) is 7.86. The van der Waals surface area contributed by atoms with Gasteiger partial charge in [-0.3, -0.25) is 9.59 Å². The molecule has 1 amide bonds. The van der Waals surface area contributed by atoms with Gasteiger partial charge in [0.1, 0.15) is 0 Å². The molecule has 3 N–H and O–H groups in total. The predicted molar refractivity (Wildman–Crippen MR) is 93.3 cm³/mol. The molecule has 0 heterocycles. The molecule has 5 heteroatoms. The number of nitrogens with one attached hydrogen (secondary N) is 1. The van der Waals surface area contributed by atoms with Crippen LogP contribution in [0, 0.1) is 0 Å². The van der Waals surface area contributed by atoms with E-state index in [9.17, 15) is 9.59 Å². The number of rotatable bonds is 6. The van der Waals surface area contributed by atoms with Crippen LogP contribution in [0.5, 0.6) is 0 Å². The third-order valence-corrected chi connectivity index (χ3v) is 3.42. The highest BCUT2D eigenvalue weighted by Crippen LogP contribution is 2.19. The molecule has 0 aliphatic rings. The van der Waals surface area contributed by atoms with Crippen molar-refractivity contribution in [1.82, 2.24) is 5.32 Å². The Morgan fingerprint density at radius 3 is 2.25 bits per heavy atom. The fraction of sp³-hybridized carbons (Fsp3) is 0.263. The number of benzene rings is 2. The molecule has 1 atom stereocenters. The van der Waals surface area contributed by atoms with Crippen LogP contribution in [0.15, 0.2) is 54.6 Å². The zero-order valence-electron chi connectivity index (χ0n) is 13.9. The molecule has 1 unspecified atom stereocenters. The van der Waals surface area contributed by atoms with E-state index in [0.717, 1.165) is 5.56 Å². The van der Waals surface area contributed by atoms with Crippen LogP contribution in [0.1, 0.15) is 42.2 Å². The highest BCUT2D eigenvalue weighted by atomic mass is 16.5. The van der Waals surface area contributed by atoms with E-state index in [4.69, 9.17) is 10.5 Å². The standard InChI is InChI=1S/C19H22N2O3/c1-13(2)24-18(22)12-17(14-6-4-3-5-7-14)21-19(23)15-8-10-16(20)11-9-15/h3-11,13,17H,12,20H2,1-2H3,(H,21,23). The minimum absolute atomic E-state index is 0.0723. The lowest BCUT2D eigenvalue weighted by Gasteiger charge is -2.19. The smallest absolute Gasteiger partial charge is 0.308 e. The second kappa shape index (κ2) is 8.15.